The first-order chi connectivity index (χ1) is 14.7. The van der Waals surface area contributed by atoms with Crippen LogP contribution < -0.4 is 16.4 Å². The van der Waals surface area contributed by atoms with Crippen molar-refractivity contribution in [2.24, 2.45) is 11.7 Å². The molecule has 1 heterocycles. The summed E-state index contributed by atoms with van der Waals surface area (Å²) in [7, 11) is 1.51. The summed E-state index contributed by atoms with van der Waals surface area (Å²) in [5.74, 6) is -1.50. The molecule has 0 spiro atoms. The van der Waals surface area contributed by atoms with Crippen molar-refractivity contribution in [1.29, 1.82) is 5.41 Å². The first kappa shape index (κ1) is 23.3. The van der Waals surface area contributed by atoms with E-state index in [-0.39, 0.29) is 30.0 Å². The Balaban J connectivity index is 1.64. The van der Waals surface area contributed by atoms with Crippen LogP contribution in [0.25, 0.3) is 0 Å². The SMILES string of the molecule is CO[C@@H]1CCN(C(=O)CNc2ccccc2C(=N)C(N)=O)[C@@H]1C(=O)NC[C@H]1CC1(Cl)Cl. The van der Waals surface area contributed by atoms with Crippen LogP contribution >= 0.6 is 23.2 Å². The first-order valence-corrected chi connectivity index (χ1v) is 10.6. The monoisotopic (exact) mass is 469 g/mol. The lowest BCUT2D eigenvalue weighted by molar-refractivity contribution is -0.139. The number of primary amides is 1. The van der Waals surface area contributed by atoms with E-state index in [0.717, 1.165) is 0 Å². The van der Waals surface area contributed by atoms with Gasteiger partial charge in [0.1, 0.15) is 16.1 Å². The third-order valence-electron chi connectivity index (χ3n) is 5.59. The fraction of sp³-hybridized carbons (Fsp3) is 0.500. The number of hydrogen-bond acceptors (Lipinski definition) is 6. The Morgan fingerprint density at radius 3 is 2.61 bits per heavy atom. The maximum Gasteiger partial charge on any atom is 0.267 e. The van der Waals surface area contributed by atoms with Crippen molar-refractivity contribution in [2.75, 3.05) is 32.1 Å². The van der Waals surface area contributed by atoms with Gasteiger partial charge in [0.15, 0.2) is 0 Å². The van der Waals surface area contributed by atoms with Gasteiger partial charge < -0.3 is 26.0 Å². The van der Waals surface area contributed by atoms with Gasteiger partial charge in [0, 0.05) is 37.4 Å². The number of benzene rings is 1. The number of nitrogens with zero attached hydrogens (tertiary/aromatic N) is 1. The lowest BCUT2D eigenvalue weighted by Crippen LogP contribution is -2.52. The van der Waals surface area contributed by atoms with Crippen molar-refractivity contribution in [2.45, 2.75) is 29.3 Å². The molecule has 3 amide bonds. The topological polar surface area (TPSA) is 138 Å². The van der Waals surface area contributed by atoms with Gasteiger partial charge in [-0.1, -0.05) is 18.2 Å². The molecule has 0 aromatic heterocycles. The fourth-order valence-corrected chi connectivity index (χ4v) is 4.21. The van der Waals surface area contributed by atoms with Crippen LogP contribution in [0, 0.1) is 11.3 Å². The van der Waals surface area contributed by atoms with Crippen LogP contribution in [0.15, 0.2) is 24.3 Å². The number of alkyl halides is 2. The van der Waals surface area contributed by atoms with Gasteiger partial charge in [0.25, 0.3) is 5.91 Å². The smallest absolute Gasteiger partial charge is 0.267 e. The van der Waals surface area contributed by atoms with E-state index in [4.69, 9.17) is 39.1 Å². The minimum absolute atomic E-state index is 0.00919. The molecule has 1 saturated carbocycles. The molecule has 31 heavy (non-hydrogen) atoms. The summed E-state index contributed by atoms with van der Waals surface area (Å²) in [6.07, 6.45) is 0.720. The van der Waals surface area contributed by atoms with Crippen molar-refractivity contribution in [3.8, 4) is 0 Å². The molecular weight excluding hydrogens is 445 g/mol. The number of hydrogen-bond donors (Lipinski definition) is 4. The van der Waals surface area contributed by atoms with E-state index in [9.17, 15) is 14.4 Å². The fourth-order valence-electron chi connectivity index (χ4n) is 3.68. The molecular formula is C20H25Cl2N5O4. The number of carbonyl (C=O) groups is 3. The van der Waals surface area contributed by atoms with Crippen LogP contribution in [-0.4, -0.2) is 71.6 Å². The van der Waals surface area contributed by atoms with Gasteiger partial charge in [0.05, 0.1) is 12.6 Å². The van der Waals surface area contributed by atoms with Crippen LogP contribution in [0.5, 0.6) is 0 Å². The van der Waals surface area contributed by atoms with Crippen molar-refractivity contribution < 1.29 is 19.1 Å². The lowest BCUT2D eigenvalue weighted by Gasteiger charge is -2.27. The molecule has 9 nitrogen and oxygen atoms in total. The molecule has 5 N–H and O–H groups in total. The van der Waals surface area contributed by atoms with Gasteiger partial charge >= 0.3 is 0 Å². The molecule has 0 bridgehead atoms. The van der Waals surface area contributed by atoms with Crippen LogP contribution in [0.1, 0.15) is 18.4 Å². The minimum Gasteiger partial charge on any atom is -0.379 e. The zero-order valence-electron chi connectivity index (χ0n) is 17.0. The molecule has 2 fully saturated rings. The van der Waals surface area contributed by atoms with Crippen LogP contribution in [0.3, 0.4) is 0 Å². The van der Waals surface area contributed by atoms with Gasteiger partial charge in [-0.3, -0.25) is 19.8 Å². The normalized spacial score (nSPS) is 23.8. The molecule has 0 unspecified atom stereocenters. The highest BCUT2D eigenvalue weighted by molar-refractivity contribution is 6.50. The van der Waals surface area contributed by atoms with Gasteiger partial charge in [-0.05, 0) is 18.9 Å². The molecule has 2 aliphatic rings. The summed E-state index contributed by atoms with van der Waals surface area (Å²) < 4.78 is 4.63. The average molecular weight is 470 g/mol. The number of carbonyl (C=O) groups excluding carboxylic acids is 3. The van der Waals surface area contributed by atoms with Gasteiger partial charge in [-0.2, -0.15) is 0 Å². The summed E-state index contributed by atoms with van der Waals surface area (Å²) in [5.41, 5.74) is 5.57. The highest BCUT2D eigenvalue weighted by Gasteiger charge is 2.52. The van der Waals surface area contributed by atoms with E-state index >= 15 is 0 Å². The predicted molar refractivity (Wildman–Crippen MR) is 117 cm³/mol. The quantitative estimate of drug-likeness (QED) is 0.314. The van der Waals surface area contributed by atoms with E-state index in [1.165, 1.54) is 12.0 Å². The van der Waals surface area contributed by atoms with Crippen molar-refractivity contribution in [3.63, 3.8) is 0 Å². The average Bonchev–Trinajstić information content (AvgIpc) is 3.15. The Kier molecular flexibility index (Phi) is 7.08. The number of ether oxygens (including phenoxy) is 1. The molecule has 168 valence electrons. The lowest BCUT2D eigenvalue weighted by atomic mass is 10.1. The van der Waals surface area contributed by atoms with E-state index < -0.39 is 22.4 Å². The van der Waals surface area contributed by atoms with Crippen LogP contribution in [0.4, 0.5) is 5.69 Å². The highest BCUT2D eigenvalue weighted by Crippen LogP contribution is 2.52. The molecule has 1 aromatic rings. The molecule has 1 aromatic carbocycles. The van der Waals surface area contributed by atoms with Crippen LogP contribution in [-0.2, 0) is 19.1 Å². The number of anilines is 1. The Bertz CT molecular complexity index is 894. The molecule has 1 aliphatic heterocycles. The van der Waals surface area contributed by atoms with Gasteiger partial charge in [-0.15, -0.1) is 23.2 Å². The Morgan fingerprint density at radius 1 is 1.32 bits per heavy atom. The Morgan fingerprint density at radius 2 is 2.00 bits per heavy atom. The molecule has 0 radical (unpaired) electrons. The second kappa shape index (κ2) is 9.42. The number of rotatable bonds is 9. The van der Waals surface area contributed by atoms with Crippen molar-refractivity contribution >= 4 is 52.3 Å². The number of nitrogens with two attached hydrogens (primary N) is 1. The first-order valence-electron chi connectivity index (χ1n) is 9.85. The highest BCUT2D eigenvalue weighted by atomic mass is 35.5. The second-order valence-electron chi connectivity index (χ2n) is 7.64. The maximum atomic E-state index is 12.9. The second-order valence-corrected chi connectivity index (χ2v) is 9.18. The predicted octanol–water partition coefficient (Wildman–Crippen LogP) is 0.878. The van der Waals surface area contributed by atoms with Crippen molar-refractivity contribution in [3.05, 3.63) is 29.8 Å². The summed E-state index contributed by atoms with van der Waals surface area (Å²) in [5, 5.41) is 13.6. The molecule has 3 atom stereocenters. The minimum atomic E-state index is -0.867. The van der Waals surface area contributed by atoms with E-state index in [0.29, 0.717) is 37.2 Å². The number of nitrogens with one attached hydrogen (secondary N) is 3. The summed E-state index contributed by atoms with van der Waals surface area (Å²) in [6, 6.07) is 5.83. The largest absolute Gasteiger partial charge is 0.379 e. The molecule has 1 aliphatic carbocycles. The standard InChI is InChI=1S/C20H25Cl2N5O4/c1-31-14-6-7-27(17(14)19(30)26-9-11-8-20(11,21)22)15(28)10-25-13-5-3-2-4-12(13)16(23)18(24)29/h2-5,11,14,17,23,25H,6-10H2,1H3,(H2,24,29)(H,26,30)/t11-,14-,17+/m1/s1. The zero-order valence-corrected chi connectivity index (χ0v) is 18.5. The molecule has 11 heteroatoms. The van der Waals surface area contributed by atoms with Crippen molar-refractivity contribution in [1.82, 2.24) is 10.2 Å². The summed E-state index contributed by atoms with van der Waals surface area (Å²) in [4.78, 5) is 38.5. The molecule has 3 rings (SSSR count). The Labute approximate surface area is 190 Å². The van der Waals surface area contributed by atoms with E-state index in [1.54, 1.807) is 24.3 Å². The molecule has 1 saturated heterocycles. The maximum absolute atomic E-state index is 12.9. The third-order valence-corrected chi connectivity index (χ3v) is 6.51. The zero-order chi connectivity index (χ0) is 22.8. The number of para-hydroxylation sites is 1. The van der Waals surface area contributed by atoms with Crippen LogP contribution in [0.2, 0.25) is 0 Å². The van der Waals surface area contributed by atoms with E-state index in [2.05, 4.69) is 10.6 Å². The number of halogens is 2. The number of methoxy groups -OCH3 is 1. The summed E-state index contributed by atoms with van der Waals surface area (Å²) >= 11 is 12.0. The third kappa shape index (κ3) is 5.28. The number of likely N-dealkylation sites (tertiary alicyclic amines) is 1. The number of amides is 3. The van der Waals surface area contributed by atoms with E-state index in [1.807, 2.05) is 0 Å². The van der Waals surface area contributed by atoms with Gasteiger partial charge in [0.2, 0.25) is 11.8 Å². The Hall–Kier alpha value is -2.36. The summed E-state index contributed by atoms with van der Waals surface area (Å²) in [6.45, 7) is 0.578. The van der Waals surface area contributed by atoms with Gasteiger partial charge in [-0.25, -0.2) is 0 Å².